The fourth-order valence-electron chi connectivity index (χ4n) is 1.83. The molecule has 2 rings (SSSR count). The van der Waals surface area contributed by atoms with Crippen LogP contribution >= 0.6 is 27.3 Å². The SMILES string of the molecule is Cc1cc(C(=O)N2CC(C)C(Br)C2)cs1. The first kappa shape index (κ1) is 11.1. The number of nitrogens with zero attached hydrogens (tertiary/aromatic N) is 1. The average molecular weight is 288 g/mol. The van der Waals surface area contributed by atoms with Crippen LogP contribution in [-0.2, 0) is 0 Å². The van der Waals surface area contributed by atoms with Crippen molar-refractivity contribution in [3.8, 4) is 0 Å². The third kappa shape index (κ3) is 2.26. The molecule has 2 atom stereocenters. The molecule has 0 bridgehead atoms. The van der Waals surface area contributed by atoms with Gasteiger partial charge in [-0.15, -0.1) is 11.3 Å². The lowest BCUT2D eigenvalue weighted by Crippen LogP contribution is -2.28. The number of hydrogen-bond acceptors (Lipinski definition) is 2. The summed E-state index contributed by atoms with van der Waals surface area (Å²) in [6.07, 6.45) is 0. The van der Waals surface area contributed by atoms with Gasteiger partial charge in [0.05, 0.1) is 5.56 Å². The normalized spacial score (nSPS) is 25.9. The third-order valence-corrected chi connectivity index (χ3v) is 4.84. The summed E-state index contributed by atoms with van der Waals surface area (Å²) in [5.74, 6) is 0.724. The maximum atomic E-state index is 12.1. The van der Waals surface area contributed by atoms with Crippen molar-refractivity contribution in [2.45, 2.75) is 18.7 Å². The Balaban J connectivity index is 2.10. The van der Waals surface area contributed by atoms with Crippen molar-refractivity contribution in [3.63, 3.8) is 0 Å². The molecular formula is C11H14BrNOS. The average Bonchev–Trinajstić information content (AvgIpc) is 2.74. The number of likely N-dealkylation sites (tertiary alicyclic amines) is 1. The van der Waals surface area contributed by atoms with Gasteiger partial charge in [-0.3, -0.25) is 4.79 Å². The number of halogens is 1. The van der Waals surface area contributed by atoms with Gasteiger partial charge >= 0.3 is 0 Å². The predicted molar refractivity (Wildman–Crippen MR) is 66.8 cm³/mol. The molecule has 0 aliphatic carbocycles. The van der Waals surface area contributed by atoms with Crippen LogP contribution in [0.3, 0.4) is 0 Å². The molecule has 2 nitrogen and oxygen atoms in total. The van der Waals surface area contributed by atoms with Crippen molar-refractivity contribution in [1.82, 2.24) is 4.90 Å². The number of carbonyl (C=O) groups is 1. The lowest BCUT2D eigenvalue weighted by molar-refractivity contribution is 0.0789. The highest BCUT2D eigenvalue weighted by Crippen LogP contribution is 2.25. The Hall–Kier alpha value is -0.350. The van der Waals surface area contributed by atoms with Gasteiger partial charge in [-0.05, 0) is 18.9 Å². The summed E-state index contributed by atoms with van der Waals surface area (Å²) in [5.41, 5.74) is 0.839. The zero-order chi connectivity index (χ0) is 11.0. The van der Waals surface area contributed by atoms with E-state index in [9.17, 15) is 4.79 Å². The van der Waals surface area contributed by atoms with E-state index in [0.29, 0.717) is 10.7 Å². The molecule has 1 amide bonds. The van der Waals surface area contributed by atoms with E-state index in [0.717, 1.165) is 18.7 Å². The summed E-state index contributed by atoms with van der Waals surface area (Å²) in [6, 6.07) is 1.97. The van der Waals surface area contributed by atoms with Gasteiger partial charge in [-0.2, -0.15) is 0 Å². The molecule has 4 heteroatoms. The Morgan fingerprint density at radius 1 is 1.60 bits per heavy atom. The lowest BCUT2D eigenvalue weighted by Gasteiger charge is -2.14. The Bertz CT molecular complexity index is 366. The van der Waals surface area contributed by atoms with E-state index in [-0.39, 0.29) is 5.91 Å². The summed E-state index contributed by atoms with van der Waals surface area (Å²) in [5, 5.41) is 1.95. The summed E-state index contributed by atoms with van der Waals surface area (Å²) in [7, 11) is 0. The molecule has 1 aliphatic rings. The largest absolute Gasteiger partial charge is 0.337 e. The molecule has 2 heterocycles. The zero-order valence-corrected chi connectivity index (χ0v) is 11.3. The molecular weight excluding hydrogens is 274 g/mol. The van der Waals surface area contributed by atoms with E-state index in [4.69, 9.17) is 0 Å². The smallest absolute Gasteiger partial charge is 0.254 e. The van der Waals surface area contributed by atoms with Gasteiger partial charge < -0.3 is 4.90 Å². The van der Waals surface area contributed by atoms with Gasteiger partial charge in [0.25, 0.3) is 5.91 Å². The first-order chi connectivity index (χ1) is 7.08. The standard InChI is InChI=1S/C11H14BrNOS/c1-7-4-13(5-10(7)12)11(14)9-3-8(2)15-6-9/h3,6-7,10H,4-5H2,1-2H3. The van der Waals surface area contributed by atoms with E-state index in [1.807, 2.05) is 23.3 Å². The number of carbonyl (C=O) groups excluding carboxylic acids is 1. The second-order valence-corrected chi connectivity index (χ2v) is 6.44. The van der Waals surface area contributed by atoms with Crippen LogP contribution in [-0.4, -0.2) is 28.7 Å². The van der Waals surface area contributed by atoms with Gasteiger partial charge in [0.1, 0.15) is 0 Å². The van der Waals surface area contributed by atoms with E-state index in [1.54, 1.807) is 11.3 Å². The number of thiophene rings is 1. The summed E-state index contributed by atoms with van der Waals surface area (Å²) < 4.78 is 0. The minimum absolute atomic E-state index is 0.174. The van der Waals surface area contributed by atoms with Crippen LogP contribution in [0.4, 0.5) is 0 Å². The Morgan fingerprint density at radius 3 is 2.80 bits per heavy atom. The van der Waals surface area contributed by atoms with Crippen molar-refractivity contribution >= 4 is 33.2 Å². The van der Waals surface area contributed by atoms with Crippen molar-refractivity contribution in [2.24, 2.45) is 5.92 Å². The van der Waals surface area contributed by atoms with Crippen LogP contribution in [0.2, 0.25) is 0 Å². The van der Waals surface area contributed by atoms with Gasteiger partial charge in [0.15, 0.2) is 0 Å². The maximum Gasteiger partial charge on any atom is 0.254 e. The summed E-state index contributed by atoms with van der Waals surface area (Å²) in [4.78, 5) is 15.6. The topological polar surface area (TPSA) is 20.3 Å². The van der Waals surface area contributed by atoms with Crippen LogP contribution in [0.5, 0.6) is 0 Å². The van der Waals surface area contributed by atoms with Crippen molar-refractivity contribution in [2.75, 3.05) is 13.1 Å². The molecule has 15 heavy (non-hydrogen) atoms. The number of rotatable bonds is 1. The fraction of sp³-hybridized carbons (Fsp3) is 0.545. The predicted octanol–water partition coefficient (Wildman–Crippen LogP) is 2.91. The molecule has 1 aromatic heterocycles. The van der Waals surface area contributed by atoms with Crippen LogP contribution in [0.1, 0.15) is 22.2 Å². The molecule has 82 valence electrons. The van der Waals surface area contributed by atoms with E-state index >= 15 is 0 Å². The third-order valence-electron chi connectivity index (χ3n) is 2.79. The zero-order valence-electron chi connectivity index (χ0n) is 8.87. The Morgan fingerprint density at radius 2 is 2.33 bits per heavy atom. The van der Waals surface area contributed by atoms with Crippen molar-refractivity contribution < 1.29 is 4.79 Å². The molecule has 1 aliphatic heterocycles. The van der Waals surface area contributed by atoms with Crippen LogP contribution < -0.4 is 0 Å². The highest BCUT2D eigenvalue weighted by Gasteiger charge is 2.31. The minimum Gasteiger partial charge on any atom is -0.337 e. The first-order valence-electron chi connectivity index (χ1n) is 5.06. The molecule has 1 saturated heterocycles. The summed E-state index contributed by atoms with van der Waals surface area (Å²) >= 11 is 5.23. The second-order valence-electron chi connectivity index (χ2n) is 4.15. The number of aryl methyl sites for hydroxylation is 1. The number of alkyl halides is 1. The first-order valence-corrected chi connectivity index (χ1v) is 6.86. The highest BCUT2D eigenvalue weighted by molar-refractivity contribution is 9.09. The van der Waals surface area contributed by atoms with Crippen molar-refractivity contribution in [1.29, 1.82) is 0 Å². The molecule has 2 unspecified atom stereocenters. The quantitative estimate of drug-likeness (QED) is 0.728. The molecule has 0 aromatic carbocycles. The van der Waals surface area contributed by atoms with E-state index in [2.05, 4.69) is 22.9 Å². The Labute approximate surface area is 102 Å². The fourth-order valence-corrected chi connectivity index (χ4v) is 3.02. The molecule has 0 spiro atoms. The second kappa shape index (κ2) is 4.26. The van der Waals surface area contributed by atoms with Crippen LogP contribution in [0, 0.1) is 12.8 Å². The number of hydrogen-bond donors (Lipinski definition) is 0. The van der Waals surface area contributed by atoms with Crippen LogP contribution in [0.25, 0.3) is 0 Å². The van der Waals surface area contributed by atoms with Crippen molar-refractivity contribution in [3.05, 3.63) is 21.9 Å². The van der Waals surface area contributed by atoms with Gasteiger partial charge in [-0.1, -0.05) is 22.9 Å². The molecule has 0 radical (unpaired) electrons. The van der Waals surface area contributed by atoms with E-state index < -0.39 is 0 Å². The maximum absolute atomic E-state index is 12.1. The van der Waals surface area contributed by atoms with Crippen LogP contribution in [0.15, 0.2) is 11.4 Å². The molecule has 1 fully saturated rings. The molecule has 0 saturated carbocycles. The minimum atomic E-state index is 0.174. The highest BCUT2D eigenvalue weighted by atomic mass is 79.9. The van der Waals surface area contributed by atoms with Gasteiger partial charge in [-0.25, -0.2) is 0 Å². The monoisotopic (exact) mass is 287 g/mol. The molecule has 0 N–H and O–H groups in total. The Kier molecular flexibility index (Phi) is 3.16. The summed E-state index contributed by atoms with van der Waals surface area (Å²) in [6.45, 7) is 5.89. The van der Waals surface area contributed by atoms with Gasteiger partial charge in [0, 0.05) is 28.2 Å². The van der Waals surface area contributed by atoms with Gasteiger partial charge in [0.2, 0.25) is 0 Å². The number of amides is 1. The lowest BCUT2D eigenvalue weighted by atomic mass is 10.2. The molecule has 1 aromatic rings. The van der Waals surface area contributed by atoms with E-state index in [1.165, 1.54) is 4.88 Å².